The summed E-state index contributed by atoms with van der Waals surface area (Å²) in [4.78, 5) is 8.60. The van der Waals surface area contributed by atoms with Crippen molar-refractivity contribution in [2.75, 3.05) is 0 Å². The first kappa shape index (κ1) is 17.5. The van der Waals surface area contributed by atoms with Gasteiger partial charge in [-0.05, 0) is 24.5 Å². The van der Waals surface area contributed by atoms with Crippen molar-refractivity contribution in [2.45, 2.75) is 58.5 Å². The van der Waals surface area contributed by atoms with Crippen molar-refractivity contribution in [3.05, 3.63) is 47.5 Å². The molecule has 0 spiro atoms. The highest BCUT2D eigenvalue weighted by molar-refractivity contribution is 5.55. The monoisotopic (exact) mass is 318 g/mol. The zero-order chi connectivity index (χ0) is 16.5. The van der Waals surface area contributed by atoms with Crippen molar-refractivity contribution in [3.63, 3.8) is 0 Å². The zero-order valence-corrected chi connectivity index (χ0v) is 13.7. The fourth-order valence-corrected chi connectivity index (χ4v) is 2.54. The van der Waals surface area contributed by atoms with Crippen LogP contribution < -0.4 is 0 Å². The molecule has 0 amide bonds. The molecule has 4 heteroatoms. The van der Waals surface area contributed by atoms with Gasteiger partial charge in [0.2, 0.25) is 0 Å². The molecule has 0 saturated heterocycles. The Bertz CT molecular complexity index is 597. The lowest BCUT2D eigenvalue weighted by Gasteiger charge is -2.05. The van der Waals surface area contributed by atoms with Gasteiger partial charge in [-0.15, -0.1) is 0 Å². The maximum Gasteiger partial charge on any atom is 0.159 e. The topological polar surface area (TPSA) is 25.8 Å². The Balaban J connectivity index is 1.88. The largest absolute Gasteiger partial charge is 0.246 e. The van der Waals surface area contributed by atoms with Crippen molar-refractivity contribution in [1.82, 2.24) is 9.97 Å². The third kappa shape index (κ3) is 5.38. The van der Waals surface area contributed by atoms with Crippen molar-refractivity contribution in [3.8, 4) is 11.4 Å². The van der Waals surface area contributed by atoms with Crippen LogP contribution in [0.3, 0.4) is 0 Å². The van der Waals surface area contributed by atoms with Crippen LogP contribution >= 0.6 is 0 Å². The average molecular weight is 318 g/mol. The molecule has 0 aliphatic carbocycles. The predicted molar refractivity (Wildman–Crippen MR) is 89.3 cm³/mol. The van der Waals surface area contributed by atoms with Crippen LogP contribution in [-0.2, 0) is 13.1 Å². The second-order valence-electron chi connectivity index (χ2n) is 5.87. The third-order valence-electron chi connectivity index (χ3n) is 3.98. The molecular weight excluding hydrogens is 294 g/mol. The van der Waals surface area contributed by atoms with E-state index in [-0.39, 0.29) is 5.56 Å². The molecule has 0 aliphatic heterocycles. The van der Waals surface area contributed by atoms with Gasteiger partial charge in [0, 0.05) is 23.5 Å². The molecule has 1 aromatic carbocycles. The van der Waals surface area contributed by atoms with E-state index >= 15 is 0 Å². The van der Waals surface area contributed by atoms with Crippen molar-refractivity contribution < 1.29 is 8.78 Å². The summed E-state index contributed by atoms with van der Waals surface area (Å²) in [5.74, 6) is -0.0780. The highest BCUT2D eigenvalue weighted by Crippen LogP contribution is 2.19. The molecule has 2 nitrogen and oxygen atoms in total. The lowest BCUT2D eigenvalue weighted by Crippen LogP contribution is -1.95. The molecule has 1 aromatic heterocycles. The highest BCUT2D eigenvalue weighted by Gasteiger charge is 2.07. The summed E-state index contributed by atoms with van der Waals surface area (Å²) in [5, 5.41) is 0. The van der Waals surface area contributed by atoms with Crippen molar-refractivity contribution >= 4 is 0 Å². The Morgan fingerprint density at radius 1 is 0.957 bits per heavy atom. The predicted octanol–water partition coefficient (Wildman–Crippen LogP) is 5.66. The molecule has 0 fully saturated rings. The van der Waals surface area contributed by atoms with Crippen LogP contribution in [-0.4, -0.2) is 9.97 Å². The quantitative estimate of drug-likeness (QED) is 0.558. The average Bonchev–Trinajstić information content (AvgIpc) is 2.58. The molecule has 0 radical (unpaired) electrons. The number of benzene rings is 1. The minimum Gasteiger partial charge on any atom is -0.246 e. The lowest BCUT2D eigenvalue weighted by molar-refractivity contribution is 0.464. The second-order valence-corrected chi connectivity index (χ2v) is 5.87. The van der Waals surface area contributed by atoms with E-state index in [0.29, 0.717) is 11.4 Å². The van der Waals surface area contributed by atoms with E-state index in [1.54, 1.807) is 18.5 Å². The van der Waals surface area contributed by atoms with Gasteiger partial charge in [0.25, 0.3) is 0 Å². The number of rotatable bonds is 9. The molecule has 0 unspecified atom stereocenters. The van der Waals surface area contributed by atoms with Gasteiger partial charge in [0.15, 0.2) is 5.82 Å². The van der Waals surface area contributed by atoms with E-state index in [2.05, 4.69) is 16.9 Å². The van der Waals surface area contributed by atoms with Crippen LogP contribution in [0, 0.1) is 5.82 Å². The van der Waals surface area contributed by atoms with Gasteiger partial charge < -0.3 is 0 Å². The number of unbranched alkanes of at least 4 members (excludes halogenated alkanes) is 5. The zero-order valence-electron chi connectivity index (χ0n) is 13.7. The van der Waals surface area contributed by atoms with Crippen LogP contribution in [0.25, 0.3) is 11.4 Å². The Morgan fingerprint density at radius 2 is 1.65 bits per heavy atom. The summed E-state index contributed by atoms with van der Waals surface area (Å²) >= 11 is 0. The van der Waals surface area contributed by atoms with Gasteiger partial charge in [-0.2, -0.15) is 0 Å². The van der Waals surface area contributed by atoms with Gasteiger partial charge >= 0.3 is 0 Å². The lowest BCUT2D eigenvalue weighted by atomic mass is 10.1. The number of aromatic nitrogens is 2. The van der Waals surface area contributed by atoms with Gasteiger partial charge in [-0.1, -0.05) is 51.2 Å². The molecule has 124 valence electrons. The molecule has 2 rings (SSSR count). The van der Waals surface area contributed by atoms with Gasteiger partial charge in [0.1, 0.15) is 12.5 Å². The van der Waals surface area contributed by atoms with Crippen LogP contribution in [0.1, 0.15) is 56.6 Å². The number of halogens is 2. The molecule has 0 bridgehead atoms. The van der Waals surface area contributed by atoms with Crippen molar-refractivity contribution in [2.24, 2.45) is 0 Å². The first-order valence-corrected chi connectivity index (χ1v) is 8.40. The Hall–Kier alpha value is -1.84. The summed E-state index contributed by atoms with van der Waals surface area (Å²) in [5.41, 5.74) is 1.74. The first-order chi connectivity index (χ1) is 11.2. The fourth-order valence-electron chi connectivity index (χ4n) is 2.54. The Kier molecular flexibility index (Phi) is 7.11. The normalized spacial score (nSPS) is 10.9. The molecule has 23 heavy (non-hydrogen) atoms. The minimum atomic E-state index is -0.801. The van der Waals surface area contributed by atoms with E-state index in [1.807, 2.05) is 0 Å². The highest BCUT2D eigenvalue weighted by atomic mass is 19.1. The summed E-state index contributed by atoms with van der Waals surface area (Å²) < 4.78 is 26.1. The Labute approximate surface area is 137 Å². The maximum atomic E-state index is 13.6. The van der Waals surface area contributed by atoms with Crippen LogP contribution in [0.2, 0.25) is 0 Å². The van der Waals surface area contributed by atoms with Crippen LogP contribution in [0.4, 0.5) is 8.78 Å². The van der Waals surface area contributed by atoms with Crippen LogP contribution in [0.5, 0.6) is 0 Å². The van der Waals surface area contributed by atoms with E-state index in [0.717, 1.165) is 18.4 Å². The third-order valence-corrected chi connectivity index (χ3v) is 3.98. The molecule has 2 aromatic rings. The summed E-state index contributed by atoms with van der Waals surface area (Å²) in [6.45, 7) is 1.42. The van der Waals surface area contributed by atoms with E-state index in [4.69, 9.17) is 0 Å². The SMILES string of the molecule is CCCCCCCCc1cnc(-c2ccc(CF)c(F)c2)nc1. The van der Waals surface area contributed by atoms with Gasteiger partial charge in [0.05, 0.1) is 0 Å². The van der Waals surface area contributed by atoms with Gasteiger partial charge in [-0.25, -0.2) is 18.7 Å². The Morgan fingerprint density at radius 3 is 2.30 bits per heavy atom. The maximum absolute atomic E-state index is 13.6. The van der Waals surface area contributed by atoms with E-state index in [9.17, 15) is 8.78 Å². The summed E-state index contributed by atoms with van der Waals surface area (Å²) in [6, 6.07) is 4.39. The molecule has 0 aliphatic rings. The van der Waals surface area contributed by atoms with E-state index in [1.165, 1.54) is 44.2 Å². The smallest absolute Gasteiger partial charge is 0.159 e. The molecule has 0 saturated carbocycles. The first-order valence-electron chi connectivity index (χ1n) is 8.40. The number of hydrogen-bond donors (Lipinski definition) is 0. The second kappa shape index (κ2) is 9.33. The molecule has 1 heterocycles. The van der Waals surface area contributed by atoms with Crippen molar-refractivity contribution in [1.29, 1.82) is 0 Å². The summed E-state index contributed by atoms with van der Waals surface area (Å²) in [6.07, 6.45) is 12.1. The molecule has 0 atom stereocenters. The number of aryl methyl sites for hydroxylation is 1. The summed E-state index contributed by atoms with van der Waals surface area (Å²) in [7, 11) is 0. The van der Waals surface area contributed by atoms with Gasteiger partial charge in [-0.3, -0.25) is 0 Å². The molecule has 0 N–H and O–H groups in total. The standard InChI is InChI=1S/C19H24F2N2/c1-2-3-4-5-6-7-8-15-13-22-19(23-14-15)16-9-10-17(12-20)18(21)11-16/h9-11,13-14H,2-8,12H2,1H3. The molecular formula is C19H24F2N2. The van der Waals surface area contributed by atoms with Crippen LogP contribution in [0.15, 0.2) is 30.6 Å². The number of alkyl halides is 1. The van der Waals surface area contributed by atoms with E-state index < -0.39 is 12.5 Å². The minimum absolute atomic E-state index is 0.0634. The number of hydrogen-bond acceptors (Lipinski definition) is 2. The fraction of sp³-hybridized carbons (Fsp3) is 0.474. The number of nitrogens with zero attached hydrogens (tertiary/aromatic N) is 2.